The lowest BCUT2D eigenvalue weighted by atomic mass is 9.85. The molecule has 0 spiro atoms. The van der Waals surface area contributed by atoms with Gasteiger partial charge in [-0.25, -0.2) is 4.39 Å². The smallest absolute Gasteiger partial charge is 0.123 e. The third-order valence-electron chi connectivity index (χ3n) is 4.56. The summed E-state index contributed by atoms with van der Waals surface area (Å²) in [6.45, 7) is 4.53. The van der Waals surface area contributed by atoms with Gasteiger partial charge in [0.2, 0.25) is 0 Å². The fourth-order valence-corrected chi connectivity index (χ4v) is 3.29. The van der Waals surface area contributed by atoms with Gasteiger partial charge in [-0.15, -0.1) is 0 Å². The van der Waals surface area contributed by atoms with Crippen LogP contribution in [0, 0.1) is 17.7 Å². The van der Waals surface area contributed by atoms with Gasteiger partial charge in [0, 0.05) is 6.42 Å². The molecule has 1 nitrogen and oxygen atoms in total. The van der Waals surface area contributed by atoms with E-state index in [1.165, 1.54) is 12.5 Å². The first-order valence-electron chi connectivity index (χ1n) is 7.45. The van der Waals surface area contributed by atoms with Crippen LogP contribution in [0.1, 0.15) is 51.5 Å². The molecule has 1 aromatic rings. The van der Waals surface area contributed by atoms with Gasteiger partial charge in [-0.2, -0.15) is 0 Å². The first-order valence-corrected chi connectivity index (χ1v) is 7.45. The molecule has 0 amide bonds. The standard InChI is InChI=1S/C17H25FO/c1-13(2)15-6-4-9-17(19,10-8-15)12-14-5-3-7-16(18)11-14/h3,5,7,11,13,15,19H,4,6,8-10,12H2,1-2H3. The van der Waals surface area contributed by atoms with E-state index in [4.69, 9.17) is 0 Å². The van der Waals surface area contributed by atoms with Gasteiger partial charge >= 0.3 is 0 Å². The number of rotatable bonds is 3. The molecule has 1 fully saturated rings. The second-order valence-corrected chi connectivity index (χ2v) is 6.47. The maximum atomic E-state index is 13.2. The molecule has 1 aliphatic rings. The Kier molecular flexibility index (Phi) is 4.62. The van der Waals surface area contributed by atoms with Crippen LogP contribution in [-0.2, 0) is 6.42 Å². The highest BCUT2D eigenvalue weighted by atomic mass is 19.1. The first-order chi connectivity index (χ1) is 8.98. The van der Waals surface area contributed by atoms with Crippen molar-refractivity contribution < 1.29 is 9.50 Å². The Morgan fingerprint density at radius 3 is 2.79 bits per heavy atom. The van der Waals surface area contributed by atoms with E-state index >= 15 is 0 Å². The molecule has 0 aliphatic heterocycles. The van der Waals surface area contributed by atoms with Crippen LogP contribution >= 0.6 is 0 Å². The summed E-state index contributed by atoms with van der Waals surface area (Å²) < 4.78 is 13.2. The molecule has 0 saturated heterocycles. The van der Waals surface area contributed by atoms with E-state index in [2.05, 4.69) is 13.8 Å². The summed E-state index contributed by atoms with van der Waals surface area (Å²) in [7, 11) is 0. The van der Waals surface area contributed by atoms with Crippen LogP contribution in [-0.4, -0.2) is 10.7 Å². The molecule has 0 aromatic heterocycles. The number of benzene rings is 1. The van der Waals surface area contributed by atoms with Crippen LogP contribution in [0.5, 0.6) is 0 Å². The topological polar surface area (TPSA) is 20.2 Å². The zero-order valence-electron chi connectivity index (χ0n) is 12.0. The maximum Gasteiger partial charge on any atom is 0.123 e. The van der Waals surface area contributed by atoms with Crippen LogP contribution in [0.25, 0.3) is 0 Å². The molecule has 1 aliphatic carbocycles. The van der Waals surface area contributed by atoms with Crippen LogP contribution in [0.15, 0.2) is 24.3 Å². The van der Waals surface area contributed by atoms with Crippen molar-refractivity contribution in [1.29, 1.82) is 0 Å². The zero-order valence-corrected chi connectivity index (χ0v) is 12.0. The van der Waals surface area contributed by atoms with Crippen molar-refractivity contribution >= 4 is 0 Å². The molecule has 0 radical (unpaired) electrons. The van der Waals surface area contributed by atoms with Crippen molar-refractivity contribution in [3.05, 3.63) is 35.6 Å². The largest absolute Gasteiger partial charge is 0.390 e. The highest BCUT2D eigenvalue weighted by Crippen LogP contribution is 2.35. The predicted octanol–water partition coefficient (Wildman–Crippen LogP) is 4.34. The van der Waals surface area contributed by atoms with Gasteiger partial charge in [0.05, 0.1) is 5.60 Å². The van der Waals surface area contributed by atoms with Gasteiger partial charge in [0.15, 0.2) is 0 Å². The third-order valence-corrected chi connectivity index (χ3v) is 4.56. The van der Waals surface area contributed by atoms with Crippen LogP contribution in [0.2, 0.25) is 0 Å². The molecule has 106 valence electrons. The number of hydrogen-bond acceptors (Lipinski definition) is 1. The fourth-order valence-electron chi connectivity index (χ4n) is 3.29. The second kappa shape index (κ2) is 6.04. The van der Waals surface area contributed by atoms with Crippen molar-refractivity contribution in [3.63, 3.8) is 0 Å². The zero-order chi connectivity index (χ0) is 13.9. The minimum Gasteiger partial charge on any atom is -0.390 e. The Hall–Kier alpha value is -0.890. The first kappa shape index (κ1) is 14.5. The molecule has 1 saturated carbocycles. The monoisotopic (exact) mass is 264 g/mol. The molecule has 2 unspecified atom stereocenters. The Morgan fingerprint density at radius 2 is 2.11 bits per heavy atom. The molecule has 2 atom stereocenters. The lowest BCUT2D eigenvalue weighted by Gasteiger charge is -2.27. The molecule has 0 bridgehead atoms. The van der Waals surface area contributed by atoms with E-state index in [9.17, 15) is 9.50 Å². The van der Waals surface area contributed by atoms with E-state index in [1.54, 1.807) is 12.1 Å². The number of aliphatic hydroxyl groups is 1. The van der Waals surface area contributed by atoms with Gasteiger partial charge in [0.25, 0.3) is 0 Å². The van der Waals surface area contributed by atoms with E-state index in [-0.39, 0.29) is 5.82 Å². The quantitative estimate of drug-likeness (QED) is 0.805. The van der Waals surface area contributed by atoms with Crippen LogP contribution < -0.4 is 0 Å². The lowest BCUT2D eigenvalue weighted by molar-refractivity contribution is 0.0236. The summed E-state index contributed by atoms with van der Waals surface area (Å²) in [5.41, 5.74) is 0.266. The Labute approximate surface area is 115 Å². The Morgan fingerprint density at radius 1 is 1.32 bits per heavy atom. The minimum atomic E-state index is -0.641. The maximum absolute atomic E-state index is 13.2. The summed E-state index contributed by atoms with van der Waals surface area (Å²) in [5, 5.41) is 10.8. The molecule has 1 N–H and O–H groups in total. The fraction of sp³-hybridized carbons (Fsp3) is 0.647. The van der Waals surface area contributed by atoms with E-state index in [0.29, 0.717) is 12.3 Å². The molecular formula is C17H25FO. The lowest BCUT2D eigenvalue weighted by Crippen LogP contribution is -2.30. The molecule has 1 aromatic carbocycles. The summed E-state index contributed by atoms with van der Waals surface area (Å²) in [5.74, 6) is 1.20. The average Bonchev–Trinajstić information content (AvgIpc) is 2.51. The molecule has 0 heterocycles. The summed E-state index contributed by atoms with van der Waals surface area (Å²) in [6.07, 6.45) is 5.63. The van der Waals surface area contributed by atoms with Crippen molar-refractivity contribution in [2.24, 2.45) is 11.8 Å². The van der Waals surface area contributed by atoms with Gasteiger partial charge in [-0.3, -0.25) is 0 Å². The average molecular weight is 264 g/mol. The Balaban J connectivity index is 2.02. The van der Waals surface area contributed by atoms with Crippen molar-refractivity contribution in [2.75, 3.05) is 0 Å². The summed E-state index contributed by atoms with van der Waals surface area (Å²) in [4.78, 5) is 0. The molecule has 19 heavy (non-hydrogen) atoms. The van der Waals surface area contributed by atoms with E-state index < -0.39 is 5.60 Å². The van der Waals surface area contributed by atoms with Crippen molar-refractivity contribution in [2.45, 2.75) is 58.0 Å². The second-order valence-electron chi connectivity index (χ2n) is 6.47. The van der Waals surface area contributed by atoms with E-state index in [1.807, 2.05) is 6.07 Å². The Bertz CT molecular complexity index is 415. The van der Waals surface area contributed by atoms with Crippen molar-refractivity contribution in [3.8, 4) is 0 Å². The van der Waals surface area contributed by atoms with Gasteiger partial charge in [-0.1, -0.05) is 38.8 Å². The SMILES string of the molecule is CC(C)C1CCCC(O)(Cc2cccc(F)c2)CC1. The molecule has 2 heteroatoms. The molecular weight excluding hydrogens is 239 g/mol. The highest BCUT2D eigenvalue weighted by molar-refractivity contribution is 5.18. The van der Waals surface area contributed by atoms with Crippen LogP contribution in [0.4, 0.5) is 4.39 Å². The molecule has 2 rings (SSSR count). The summed E-state index contributed by atoms with van der Waals surface area (Å²) in [6, 6.07) is 6.63. The van der Waals surface area contributed by atoms with E-state index in [0.717, 1.165) is 37.2 Å². The van der Waals surface area contributed by atoms with Gasteiger partial charge in [-0.05, 0) is 48.8 Å². The normalized spacial score (nSPS) is 28.4. The van der Waals surface area contributed by atoms with Crippen LogP contribution in [0.3, 0.4) is 0 Å². The summed E-state index contributed by atoms with van der Waals surface area (Å²) >= 11 is 0. The highest BCUT2D eigenvalue weighted by Gasteiger charge is 2.31. The van der Waals surface area contributed by atoms with Gasteiger partial charge < -0.3 is 5.11 Å². The third kappa shape index (κ3) is 4.04. The van der Waals surface area contributed by atoms with Gasteiger partial charge in [0.1, 0.15) is 5.82 Å². The predicted molar refractivity (Wildman–Crippen MR) is 76.5 cm³/mol. The number of halogens is 1. The van der Waals surface area contributed by atoms with Crippen molar-refractivity contribution in [1.82, 2.24) is 0 Å². The minimum absolute atomic E-state index is 0.213. The number of hydrogen-bond donors (Lipinski definition) is 1.